The van der Waals surface area contributed by atoms with Crippen LogP contribution in [0.2, 0.25) is 10.0 Å². The molecule has 0 aromatic heterocycles. The van der Waals surface area contributed by atoms with E-state index in [0.29, 0.717) is 27.0 Å². The maximum Gasteiger partial charge on any atom is 0.242 e. The number of sulfonamides is 1. The van der Waals surface area contributed by atoms with Crippen LogP contribution in [0.25, 0.3) is 0 Å². The summed E-state index contributed by atoms with van der Waals surface area (Å²) < 4.78 is 31.6. The molecule has 204 valence electrons. The quantitative estimate of drug-likeness (QED) is 0.369. The maximum atomic E-state index is 13.4. The predicted octanol–water partition coefficient (Wildman–Crippen LogP) is 4.88. The van der Waals surface area contributed by atoms with Crippen LogP contribution in [0.5, 0.6) is 5.75 Å². The zero-order valence-electron chi connectivity index (χ0n) is 21.8. The number of halogens is 2. The second-order valence-electron chi connectivity index (χ2n) is 8.83. The number of carbonyl (C=O) groups excluding carboxylic acids is 2. The zero-order valence-corrected chi connectivity index (χ0v) is 24.2. The highest BCUT2D eigenvalue weighted by molar-refractivity contribution is 7.92. The number of hydrogen-bond donors (Lipinski definition) is 1. The topological polar surface area (TPSA) is 96.0 Å². The van der Waals surface area contributed by atoms with Crippen LogP contribution in [-0.2, 0) is 26.2 Å². The summed E-state index contributed by atoms with van der Waals surface area (Å²) in [5, 5.41) is 3.68. The van der Waals surface area contributed by atoms with Crippen molar-refractivity contribution in [1.29, 1.82) is 0 Å². The van der Waals surface area contributed by atoms with E-state index in [2.05, 4.69) is 5.32 Å². The van der Waals surface area contributed by atoms with E-state index in [0.717, 1.165) is 12.7 Å². The molecule has 0 aliphatic rings. The van der Waals surface area contributed by atoms with E-state index in [9.17, 15) is 18.0 Å². The van der Waals surface area contributed by atoms with Crippen LogP contribution in [-0.4, -0.2) is 57.1 Å². The summed E-state index contributed by atoms with van der Waals surface area (Å²) in [4.78, 5) is 27.8. The standard InChI is InChI=1S/C26H35Cl2N3O5S/c1-6-18(2)29-26(33)19(3)30(17-20-21(27)11-9-12-22(20)28)25(32)15-10-16-31(37(5,34)35)23-13-7-8-14-24(23)36-4/h7-9,11-14,18-19H,6,10,15-17H2,1-5H3,(H,29,33)/t18-,19-/m0/s1. The summed E-state index contributed by atoms with van der Waals surface area (Å²) in [6.07, 6.45) is 2.07. The third kappa shape index (κ3) is 8.51. The van der Waals surface area contributed by atoms with Gasteiger partial charge in [0.2, 0.25) is 21.8 Å². The van der Waals surface area contributed by atoms with Crippen LogP contribution in [0.15, 0.2) is 42.5 Å². The third-order valence-electron chi connectivity index (χ3n) is 6.06. The Morgan fingerprint density at radius 3 is 2.24 bits per heavy atom. The molecule has 0 unspecified atom stereocenters. The summed E-state index contributed by atoms with van der Waals surface area (Å²) in [5.41, 5.74) is 0.926. The van der Waals surface area contributed by atoms with Crippen molar-refractivity contribution < 1.29 is 22.7 Å². The van der Waals surface area contributed by atoms with Crippen LogP contribution in [0.1, 0.15) is 45.6 Å². The number of benzene rings is 2. The first-order valence-electron chi connectivity index (χ1n) is 12.0. The average Bonchev–Trinajstić information content (AvgIpc) is 2.85. The molecule has 8 nitrogen and oxygen atoms in total. The number of hydrogen-bond acceptors (Lipinski definition) is 5. The summed E-state index contributed by atoms with van der Waals surface area (Å²) in [5.74, 6) is -0.210. The summed E-state index contributed by atoms with van der Waals surface area (Å²) in [7, 11) is -2.18. The Labute approximate surface area is 229 Å². The molecule has 2 amide bonds. The first-order valence-corrected chi connectivity index (χ1v) is 14.6. The largest absolute Gasteiger partial charge is 0.495 e. The van der Waals surface area contributed by atoms with E-state index in [-0.39, 0.29) is 43.8 Å². The Balaban J connectivity index is 2.26. The lowest BCUT2D eigenvalue weighted by atomic mass is 10.1. The van der Waals surface area contributed by atoms with Crippen molar-refractivity contribution >= 4 is 50.7 Å². The first-order chi connectivity index (χ1) is 17.4. The number of anilines is 1. The van der Waals surface area contributed by atoms with Crippen molar-refractivity contribution in [3.8, 4) is 5.75 Å². The Morgan fingerprint density at radius 1 is 1.05 bits per heavy atom. The monoisotopic (exact) mass is 571 g/mol. The lowest BCUT2D eigenvalue weighted by molar-refractivity contribution is -0.140. The number of rotatable bonds is 13. The number of nitrogens with zero attached hydrogens (tertiary/aromatic N) is 2. The van der Waals surface area contributed by atoms with Crippen molar-refractivity contribution in [2.75, 3.05) is 24.2 Å². The fraction of sp³-hybridized carbons (Fsp3) is 0.462. The fourth-order valence-corrected chi connectivity index (χ4v) is 5.21. The number of carbonyl (C=O) groups is 2. The van der Waals surface area contributed by atoms with Crippen molar-refractivity contribution in [2.24, 2.45) is 0 Å². The van der Waals surface area contributed by atoms with Crippen LogP contribution in [0.3, 0.4) is 0 Å². The summed E-state index contributed by atoms with van der Waals surface area (Å²) in [6, 6.07) is 11.0. The van der Waals surface area contributed by atoms with Gasteiger partial charge < -0.3 is 15.0 Å². The van der Waals surface area contributed by atoms with E-state index >= 15 is 0 Å². The van der Waals surface area contributed by atoms with Gasteiger partial charge in [-0.25, -0.2) is 8.42 Å². The zero-order chi connectivity index (χ0) is 27.8. The first kappa shape index (κ1) is 30.7. The highest BCUT2D eigenvalue weighted by Gasteiger charge is 2.28. The van der Waals surface area contributed by atoms with E-state index < -0.39 is 16.1 Å². The van der Waals surface area contributed by atoms with E-state index in [1.54, 1.807) is 49.4 Å². The minimum absolute atomic E-state index is 0.00416. The Hall–Kier alpha value is -2.49. The van der Waals surface area contributed by atoms with Crippen LogP contribution in [0, 0.1) is 0 Å². The molecule has 0 aliphatic carbocycles. The molecule has 0 saturated heterocycles. The SMILES string of the molecule is CC[C@H](C)NC(=O)[C@H](C)N(Cc1c(Cl)cccc1Cl)C(=O)CCCN(c1ccccc1OC)S(C)(=O)=O. The van der Waals surface area contributed by atoms with Gasteiger partial charge in [0.05, 0.1) is 19.1 Å². The van der Waals surface area contributed by atoms with Gasteiger partial charge in [-0.1, -0.05) is 48.3 Å². The lowest BCUT2D eigenvalue weighted by Crippen LogP contribution is -2.49. The van der Waals surface area contributed by atoms with Gasteiger partial charge in [0.1, 0.15) is 11.8 Å². The van der Waals surface area contributed by atoms with E-state index in [1.165, 1.54) is 16.3 Å². The smallest absolute Gasteiger partial charge is 0.242 e. The van der Waals surface area contributed by atoms with Gasteiger partial charge in [0, 0.05) is 41.2 Å². The molecule has 0 fully saturated rings. The number of ether oxygens (including phenoxy) is 1. The highest BCUT2D eigenvalue weighted by atomic mass is 35.5. The molecule has 0 radical (unpaired) electrons. The minimum atomic E-state index is -3.65. The summed E-state index contributed by atoms with van der Waals surface area (Å²) >= 11 is 12.7. The molecule has 2 rings (SSSR count). The summed E-state index contributed by atoms with van der Waals surface area (Å²) in [6.45, 7) is 5.59. The molecule has 0 heterocycles. The van der Waals surface area contributed by atoms with Crippen LogP contribution in [0.4, 0.5) is 5.69 Å². The molecular formula is C26H35Cl2N3O5S. The molecule has 1 N–H and O–H groups in total. The lowest BCUT2D eigenvalue weighted by Gasteiger charge is -2.31. The second-order valence-corrected chi connectivity index (χ2v) is 11.5. The van der Waals surface area contributed by atoms with E-state index in [1.807, 2.05) is 13.8 Å². The van der Waals surface area contributed by atoms with Crippen LogP contribution < -0.4 is 14.4 Å². The molecule has 0 bridgehead atoms. The number of para-hydroxylation sites is 2. The molecule has 37 heavy (non-hydrogen) atoms. The molecule has 2 aromatic rings. The fourth-order valence-electron chi connectivity index (χ4n) is 3.72. The van der Waals surface area contributed by atoms with Crippen molar-refractivity contribution in [3.05, 3.63) is 58.1 Å². The molecule has 0 spiro atoms. The molecule has 11 heteroatoms. The van der Waals surface area contributed by atoms with Crippen molar-refractivity contribution in [1.82, 2.24) is 10.2 Å². The third-order valence-corrected chi connectivity index (χ3v) is 7.95. The van der Waals surface area contributed by atoms with Gasteiger partial charge in [0.25, 0.3) is 0 Å². The Bertz CT molecular complexity index is 1170. The van der Waals surface area contributed by atoms with Crippen molar-refractivity contribution in [2.45, 2.75) is 58.7 Å². The Kier molecular flexibility index (Phi) is 11.5. The minimum Gasteiger partial charge on any atom is -0.495 e. The number of nitrogens with one attached hydrogen (secondary N) is 1. The van der Waals surface area contributed by atoms with Gasteiger partial charge in [-0.15, -0.1) is 0 Å². The Morgan fingerprint density at radius 2 is 1.68 bits per heavy atom. The van der Waals surface area contributed by atoms with Gasteiger partial charge in [-0.2, -0.15) is 0 Å². The maximum absolute atomic E-state index is 13.4. The average molecular weight is 573 g/mol. The molecule has 0 saturated carbocycles. The molecule has 0 aliphatic heterocycles. The van der Waals surface area contributed by atoms with E-state index in [4.69, 9.17) is 27.9 Å². The van der Waals surface area contributed by atoms with Gasteiger partial charge in [0.15, 0.2) is 0 Å². The molecule has 2 aromatic carbocycles. The highest BCUT2D eigenvalue weighted by Crippen LogP contribution is 2.30. The number of methoxy groups -OCH3 is 1. The molecule has 2 atom stereocenters. The second kappa shape index (κ2) is 13.9. The number of amides is 2. The molecular weight excluding hydrogens is 537 g/mol. The predicted molar refractivity (Wildman–Crippen MR) is 149 cm³/mol. The normalized spacial score (nSPS) is 12.9. The van der Waals surface area contributed by atoms with Gasteiger partial charge in [-0.05, 0) is 51.0 Å². The van der Waals surface area contributed by atoms with Gasteiger partial charge in [-0.3, -0.25) is 13.9 Å². The van der Waals surface area contributed by atoms with Crippen LogP contribution >= 0.6 is 23.2 Å². The van der Waals surface area contributed by atoms with Crippen molar-refractivity contribution in [3.63, 3.8) is 0 Å². The van der Waals surface area contributed by atoms with Gasteiger partial charge >= 0.3 is 0 Å².